The van der Waals surface area contributed by atoms with Crippen LogP contribution < -0.4 is 0 Å². The van der Waals surface area contributed by atoms with Crippen LogP contribution in [0.15, 0.2) is 40.9 Å². The first-order valence-corrected chi connectivity index (χ1v) is 11.1. The van der Waals surface area contributed by atoms with Gasteiger partial charge in [-0.3, -0.25) is 4.79 Å². The first kappa shape index (κ1) is 20.8. The lowest BCUT2D eigenvalue weighted by Crippen LogP contribution is -2.37. The Balaban J connectivity index is 1.25. The van der Waals surface area contributed by atoms with Crippen LogP contribution in [0.4, 0.5) is 0 Å². The number of carbonyl (C=O) groups excluding carboxylic acids is 2. The van der Waals surface area contributed by atoms with Gasteiger partial charge in [0.2, 0.25) is 0 Å². The number of benzene rings is 2. The smallest absolute Gasteiger partial charge is 0.338 e. The van der Waals surface area contributed by atoms with Crippen LogP contribution in [0.3, 0.4) is 0 Å². The van der Waals surface area contributed by atoms with Crippen LogP contribution in [-0.4, -0.2) is 36.3 Å². The Labute approximate surface area is 184 Å². The summed E-state index contributed by atoms with van der Waals surface area (Å²) in [5, 5.41) is 9.02. The monoisotopic (exact) mass is 466 g/mol. The van der Waals surface area contributed by atoms with Crippen LogP contribution in [0.25, 0.3) is 0 Å². The second-order valence-corrected chi connectivity index (χ2v) is 8.86. The summed E-state index contributed by atoms with van der Waals surface area (Å²) in [7, 11) is 0. The third-order valence-electron chi connectivity index (χ3n) is 6.04. The molecule has 154 valence electrons. The highest BCUT2D eigenvalue weighted by Crippen LogP contribution is 2.24. The molecule has 0 aliphatic carbocycles. The molecule has 1 fully saturated rings. The van der Waals surface area contributed by atoms with Crippen LogP contribution in [0, 0.1) is 17.2 Å². The number of rotatable bonds is 6. The van der Waals surface area contributed by atoms with Crippen LogP contribution >= 0.6 is 15.9 Å². The fourth-order valence-corrected chi connectivity index (χ4v) is 4.73. The molecule has 6 heteroatoms. The van der Waals surface area contributed by atoms with E-state index in [0.29, 0.717) is 24.2 Å². The van der Waals surface area contributed by atoms with Gasteiger partial charge in [-0.2, -0.15) is 5.26 Å². The minimum Gasteiger partial charge on any atom is -0.457 e. The number of nitriles is 1. The van der Waals surface area contributed by atoms with Gasteiger partial charge in [-0.25, -0.2) is 4.79 Å². The zero-order chi connectivity index (χ0) is 21.1. The molecule has 0 atom stereocenters. The van der Waals surface area contributed by atoms with E-state index >= 15 is 0 Å². The first-order valence-electron chi connectivity index (χ1n) is 10.3. The van der Waals surface area contributed by atoms with E-state index in [4.69, 9.17) is 10.00 Å². The van der Waals surface area contributed by atoms with E-state index in [9.17, 15) is 9.59 Å². The number of fused-ring (bicyclic) bond motifs is 1. The van der Waals surface area contributed by atoms with Gasteiger partial charge in [0.25, 0.3) is 0 Å². The van der Waals surface area contributed by atoms with Crippen molar-refractivity contribution in [1.29, 1.82) is 5.26 Å². The summed E-state index contributed by atoms with van der Waals surface area (Å²) in [5.41, 5.74) is 4.43. The Morgan fingerprint density at radius 1 is 1.17 bits per heavy atom. The molecule has 0 N–H and O–H groups in total. The summed E-state index contributed by atoms with van der Waals surface area (Å²) < 4.78 is 5.81. The zero-order valence-electron chi connectivity index (χ0n) is 16.7. The van der Waals surface area contributed by atoms with Gasteiger partial charge in [0.1, 0.15) is 18.5 Å². The molecule has 0 spiro atoms. The van der Waals surface area contributed by atoms with Gasteiger partial charge in [-0.05, 0) is 77.6 Å². The number of cyclic esters (lactones) is 1. The predicted octanol–water partition coefficient (Wildman–Crippen LogP) is 4.06. The normalized spacial score (nSPS) is 16.7. The standard InChI is InChI=1S/C24H23BrN2O3/c25-22-12-17(1-3-19(22)14-26)13-23(28)18-6-9-27(10-7-18)8-5-16-2-4-21-20(11-16)15-30-24(21)29/h1-4,11-12,18H,5-10,13,15H2. The molecule has 5 nitrogen and oxygen atoms in total. The summed E-state index contributed by atoms with van der Waals surface area (Å²) in [6.45, 7) is 3.20. The van der Waals surface area contributed by atoms with Crippen LogP contribution in [0.2, 0.25) is 0 Å². The number of ketones is 1. The molecule has 2 aliphatic rings. The van der Waals surface area contributed by atoms with Crippen molar-refractivity contribution in [3.8, 4) is 6.07 Å². The highest BCUT2D eigenvalue weighted by Gasteiger charge is 2.25. The third kappa shape index (κ3) is 4.63. The minimum atomic E-state index is -0.225. The van der Waals surface area contributed by atoms with E-state index in [2.05, 4.69) is 33.0 Å². The molecule has 0 unspecified atom stereocenters. The van der Waals surface area contributed by atoms with Gasteiger partial charge in [-0.15, -0.1) is 0 Å². The van der Waals surface area contributed by atoms with E-state index in [1.165, 1.54) is 5.56 Å². The third-order valence-corrected chi connectivity index (χ3v) is 6.70. The molecule has 2 aromatic rings. The lowest BCUT2D eigenvalue weighted by atomic mass is 9.89. The van der Waals surface area contributed by atoms with Gasteiger partial charge >= 0.3 is 5.97 Å². The van der Waals surface area contributed by atoms with Crippen molar-refractivity contribution in [1.82, 2.24) is 4.90 Å². The molecule has 0 radical (unpaired) electrons. The lowest BCUT2D eigenvalue weighted by molar-refractivity contribution is -0.123. The number of hydrogen-bond acceptors (Lipinski definition) is 5. The molecule has 4 rings (SSSR count). The van der Waals surface area contributed by atoms with Crippen LogP contribution in [0.1, 0.15) is 45.5 Å². The Kier molecular flexibility index (Phi) is 6.31. The Bertz CT molecular complexity index is 1020. The van der Waals surface area contributed by atoms with Crippen molar-refractivity contribution in [2.24, 2.45) is 5.92 Å². The van der Waals surface area contributed by atoms with Crippen molar-refractivity contribution in [3.63, 3.8) is 0 Å². The zero-order valence-corrected chi connectivity index (χ0v) is 18.3. The lowest BCUT2D eigenvalue weighted by Gasteiger charge is -2.31. The summed E-state index contributed by atoms with van der Waals surface area (Å²) in [6, 6.07) is 13.6. The summed E-state index contributed by atoms with van der Waals surface area (Å²) in [4.78, 5) is 26.7. The number of likely N-dealkylation sites (tertiary alicyclic amines) is 1. The quantitative estimate of drug-likeness (QED) is 0.600. The molecule has 2 heterocycles. The molecule has 0 bridgehead atoms. The molecule has 0 saturated carbocycles. The fourth-order valence-electron chi connectivity index (χ4n) is 4.21. The molecular formula is C24H23BrN2O3. The Hall–Kier alpha value is -2.49. The Morgan fingerprint density at radius 3 is 2.67 bits per heavy atom. The van der Waals surface area contributed by atoms with Crippen molar-refractivity contribution >= 4 is 27.7 Å². The van der Waals surface area contributed by atoms with E-state index in [1.54, 1.807) is 6.07 Å². The summed E-state index contributed by atoms with van der Waals surface area (Å²) in [6.07, 6.45) is 3.13. The van der Waals surface area contributed by atoms with Crippen LogP contribution in [0.5, 0.6) is 0 Å². The number of nitrogens with zero attached hydrogens (tertiary/aromatic N) is 2. The maximum Gasteiger partial charge on any atom is 0.338 e. The molecule has 30 heavy (non-hydrogen) atoms. The number of piperidine rings is 1. The van der Waals surface area contributed by atoms with E-state index in [0.717, 1.165) is 54.5 Å². The number of ether oxygens (including phenoxy) is 1. The highest BCUT2D eigenvalue weighted by atomic mass is 79.9. The Morgan fingerprint density at radius 2 is 1.93 bits per heavy atom. The van der Waals surface area contributed by atoms with E-state index in [1.807, 2.05) is 24.3 Å². The maximum atomic E-state index is 12.7. The molecule has 2 aromatic carbocycles. The number of halogens is 1. The van der Waals surface area contributed by atoms with Gasteiger partial charge in [-0.1, -0.05) is 18.2 Å². The maximum absolute atomic E-state index is 12.7. The second kappa shape index (κ2) is 9.11. The van der Waals surface area contributed by atoms with Gasteiger partial charge < -0.3 is 9.64 Å². The van der Waals surface area contributed by atoms with Crippen molar-refractivity contribution in [2.75, 3.05) is 19.6 Å². The summed E-state index contributed by atoms with van der Waals surface area (Å²) >= 11 is 3.39. The molecule has 2 aliphatic heterocycles. The van der Waals surface area contributed by atoms with Gasteiger partial charge in [0.15, 0.2) is 0 Å². The van der Waals surface area contributed by atoms with E-state index < -0.39 is 0 Å². The fraction of sp³-hybridized carbons (Fsp3) is 0.375. The number of hydrogen-bond donors (Lipinski definition) is 0. The average molecular weight is 467 g/mol. The topological polar surface area (TPSA) is 70.4 Å². The summed E-state index contributed by atoms with van der Waals surface area (Å²) in [5.74, 6) is 0.171. The molecular weight excluding hydrogens is 444 g/mol. The predicted molar refractivity (Wildman–Crippen MR) is 116 cm³/mol. The second-order valence-electron chi connectivity index (χ2n) is 8.00. The number of carbonyl (C=O) groups is 2. The average Bonchev–Trinajstić information content (AvgIpc) is 3.13. The van der Waals surface area contributed by atoms with Gasteiger partial charge in [0.05, 0.1) is 11.1 Å². The minimum absolute atomic E-state index is 0.110. The van der Waals surface area contributed by atoms with Crippen molar-refractivity contribution in [3.05, 3.63) is 68.7 Å². The molecule has 0 aromatic heterocycles. The van der Waals surface area contributed by atoms with Crippen molar-refractivity contribution < 1.29 is 14.3 Å². The number of Topliss-reactive ketones (excluding diaryl/α,β-unsaturated/α-hetero) is 1. The van der Waals surface area contributed by atoms with E-state index in [-0.39, 0.29) is 17.7 Å². The SMILES string of the molecule is N#Cc1ccc(CC(=O)C2CCN(CCc3ccc4c(c3)COC4=O)CC2)cc1Br. The number of esters is 1. The van der Waals surface area contributed by atoms with Crippen molar-refractivity contribution in [2.45, 2.75) is 32.3 Å². The van der Waals surface area contributed by atoms with Gasteiger partial charge in [0, 0.05) is 28.9 Å². The largest absolute Gasteiger partial charge is 0.457 e. The molecule has 0 amide bonds. The van der Waals surface area contributed by atoms with Crippen LogP contribution in [-0.2, 0) is 29.0 Å². The highest BCUT2D eigenvalue weighted by molar-refractivity contribution is 9.10. The molecule has 1 saturated heterocycles. The first-order chi connectivity index (χ1) is 14.5.